The molecular formula is C49H60N2O13. The summed E-state index contributed by atoms with van der Waals surface area (Å²) in [5.74, 6) is -4.12. The molecule has 0 unspecified atom stereocenters. The first-order valence-corrected chi connectivity index (χ1v) is 22.2. The van der Waals surface area contributed by atoms with Crippen LogP contribution >= 0.6 is 0 Å². The summed E-state index contributed by atoms with van der Waals surface area (Å²) in [6.07, 6.45) is 4.70. The Morgan fingerprint density at radius 2 is 1.62 bits per heavy atom. The van der Waals surface area contributed by atoms with Crippen LogP contribution in [-0.4, -0.2) is 114 Å². The predicted molar refractivity (Wildman–Crippen MR) is 231 cm³/mol. The van der Waals surface area contributed by atoms with E-state index >= 15 is 0 Å². The molecule has 2 amide bonds. The van der Waals surface area contributed by atoms with Crippen LogP contribution in [0.15, 0.2) is 72.3 Å². The van der Waals surface area contributed by atoms with Gasteiger partial charge in [-0.3, -0.25) is 14.4 Å². The van der Waals surface area contributed by atoms with Gasteiger partial charge in [-0.25, -0.2) is 14.4 Å². The van der Waals surface area contributed by atoms with Crippen molar-refractivity contribution in [2.75, 3.05) is 20.3 Å². The molecule has 7 rings (SSSR count). The number of esters is 4. The van der Waals surface area contributed by atoms with E-state index in [2.05, 4.69) is 5.32 Å². The maximum atomic E-state index is 14.7. The maximum Gasteiger partial charge on any atom is 0.348 e. The molecule has 5 aliphatic rings. The van der Waals surface area contributed by atoms with Crippen molar-refractivity contribution in [3.63, 3.8) is 0 Å². The normalized spacial score (nSPS) is 24.4. The molecule has 2 heterocycles. The minimum Gasteiger partial charge on any atom is -0.462 e. The van der Waals surface area contributed by atoms with Crippen molar-refractivity contribution in [3.05, 3.63) is 89.0 Å². The van der Waals surface area contributed by atoms with E-state index in [1.165, 1.54) is 18.0 Å². The second-order valence-corrected chi connectivity index (χ2v) is 19.2. The zero-order valence-electron chi connectivity index (χ0n) is 37.4. The van der Waals surface area contributed by atoms with E-state index in [4.69, 9.17) is 28.4 Å². The lowest BCUT2D eigenvalue weighted by atomic mass is 9.90. The average Bonchev–Trinajstić information content (AvgIpc) is 4.21. The summed E-state index contributed by atoms with van der Waals surface area (Å²) in [6, 6.07) is 14.0. The molecular weight excluding hydrogens is 825 g/mol. The second kappa shape index (κ2) is 19.0. The monoisotopic (exact) mass is 884 g/mol. The Hall–Kier alpha value is -5.38. The average molecular weight is 885 g/mol. The predicted octanol–water partition coefficient (Wildman–Crippen LogP) is 5.02. The fraction of sp³-hybridized carbons (Fsp3) is 0.551. The molecule has 2 saturated heterocycles. The summed E-state index contributed by atoms with van der Waals surface area (Å²) < 4.78 is 35.8. The number of aliphatic hydroxyl groups excluding tert-OH is 1. The number of likely N-dealkylation sites (N-methyl/N-ethyl adjacent to an activating group) is 1. The van der Waals surface area contributed by atoms with Crippen molar-refractivity contribution in [2.24, 2.45) is 17.3 Å². The van der Waals surface area contributed by atoms with E-state index in [0.29, 0.717) is 5.56 Å². The number of nitrogens with zero attached hydrogens (tertiary/aromatic N) is 1. The van der Waals surface area contributed by atoms with Gasteiger partial charge < -0.3 is 43.7 Å². The van der Waals surface area contributed by atoms with E-state index in [1.54, 1.807) is 65.0 Å². The fourth-order valence-electron chi connectivity index (χ4n) is 8.64. The number of benzene rings is 2. The van der Waals surface area contributed by atoms with Gasteiger partial charge in [-0.2, -0.15) is 0 Å². The quantitative estimate of drug-likeness (QED) is 0.122. The first-order chi connectivity index (χ1) is 30.4. The smallest absolute Gasteiger partial charge is 0.348 e. The molecule has 0 spiro atoms. The molecule has 3 aliphatic carbocycles. The highest BCUT2D eigenvalue weighted by Crippen LogP contribution is 2.59. The molecule has 4 fully saturated rings. The SMILES string of the molecule is CN(C(=O)C1=C[C@H]2OC(C3CC3)(C3CC3)O[C@H]2[C@H](OC(=O)c2ccccc2C=CC(=O)O[C@H]2C(=O)OCC2(C)C)C1)[C@H](Cc1ccccc1)C(=O)N[C@H](CO)CCC(=O)OC(C)(C)C. The molecule has 2 aliphatic heterocycles. The van der Waals surface area contributed by atoms with Crippen LogP contribution in [0.25, 0.3) is 6.08 Å². The number of hydrogen-bond acceptors (Lipinski definition) is 13. The Morgan fingerprint density at radius 1 is 0.953 bits per heavy atom. The van der Waals surface area contributed by atoms with Gasteiger partial charge in [0.25, 0.3) is 0 Å². The summed E-state index contributed by atoms with van der Waals surface area (Å²) in [7, 11) is 1.53. The number of rotatable bonds is 17. The summed E-state index contributed by atoms with van der Waals surface area (Å²) in [5.41, 5.74) is 0.165. The number of cyclic esters (lactones) is 1. The largest absolute Gasteiger partial charge is 0.462 e. The zero-order valence-corrected chi connectivity index (χ0v) is 37.4. The van der Waals surface area contributed by atoms with Crippen molar-refractivity contribution >= 4 is 41.8 Å². The van der Waals surface area contributed by atoms with Gasteiger partial charge >= 0.3 is 23.9 Å². The maximum absolute atomic E-state index is 14.7. The van der Waals surface area contributed by atoms with Crippen LogP contribution in [-0.2, 0) is 58.8 Å². The third-order valence-electron chi connectivity index (χ3n) is 12.3. The first kappa shape index (κ1) is 46.6. The number of hydrogen-bond donors (Lipinski definition) is 2. The Kier molecular flexibility index (Phi) is 13.8. The van der Waals surface area contributed by atoms with Crippen molar-refractivity contribution < 1.29 is 62.3 Å². The van der Waals surface area contributed by atoms with Gasteiger partial charge in [0.05, 0.1) is 18.2 Å². The van der Waals surface area contributed by atoms with Crippen molar-refractivity contribution in [2.45, 2.75) is 134 Å². The van der Waals surface area contributed by atoms with Gasteiger partial charge in [-0.05, 0) is 82.2 Å². The molecule has 15 nitrogen and oxygen atoms in total. The molecule has 2 saturated carbocycles. The molecule has 0 radical (unpaired) electrons. The van der Waals surface area contributed by atoms with Crippen LogP contribution in [0.2, 0.25) is 0 Å². The van der Waals surface area contributed by atoms with Crippen LogP contribution in [0, 0.1) is 17.3 Å². The van der Waals surface area contributed by atoms with Gasteiger partial charge in [-0.1, -0.05) is 62.4 Å². The van der Waals surface area contributed by atoms with Crippen LogP contribution < -0.4 is 5.32 Å². The summed E-state index contributed by atoms with van der Waals surface area (Å²) in [4.78, 5) is 82.0. The molecule has 6 atom stereocenters. The van der Waals surface area contributed by atoms with Gasteiger partial charge in [0.2, 0.25) is 17.9 Å². The summed E-state index contributed by atoms with van der Waals surface area (Å²) in [6.45, 7) is 8.48. The molecule has 2 aromatic carbocycles. The third kappa shape index (κ3) is 10.9. The minimum absolute atomic E-state index is 0.0358. The second-order valence-electron chi connectivity index (χ2n) is 19.2. The molecule has 2 N–H and O–H groups in total. The molecule has 2 aromatic rings. The van der Waals surface area contributed by atoms with Crippen LogP contribution in [0.4, 0.5) is 0 Å². The lowest BCUT2D eigenvalue weighted by Gasteiger charge is -2.34. The lowest BCUT2D eigenvalue weighted by Crippen LogP contribution is -2.53. The van der Waals surface area contributed by atoms with E-state index in [0.717, 1.165) is 37.3 Å². The molecule has 0 bridgehead atoms. The number of nitrogens with one attached hydrogen (secondary N) is 1. The number of fused-ring (bicyclic) bond motifs is 1. The number of ether oxygens (including phenoxy) is 6. The number of amides is 2. The fourth-order valence-corrected chi connectivity index (χ4v) is 8.64. The molecule has 344 valence electrons. The Labute approximate surface area is 373 Å². The van der Waals surface area contributed by atoms with Crippen molar-refractivity contribution in [1.29, 1.82) is 0 Å². The van der Waals surface area contributed by atoms with Crippen molar-refractivity contribution in [1.82, 2.24) is 10.2 Å². The lowest BCUT2D eigenvalue weighted by molar-refractivity contribution is -0.209. The number of carbonyl (C=O) groups is 6. The van der Waals surface area contributed by atoms with E-state index in [9.17, 15) is 33.9 Å². The highest BCUT2D eigenvalue weighted by atomic mass is 16.8. The third-order valence-corrected chi connectivity index (χ3v) is 12.3. The molecule has 64 heavy (non-hydrogen) atoms. The Bertz CT molecular complexity index is 2140. The highest BCUT2D eigenvalue weighted by Gasteiger charge is 2.64. The van der Waals surface area contributed by atoms with Crippen molar-refractivity contribution in [3.8, 4) is 0 Å². The minimum atomic E-state index is -1.07. The topological polar surface area (TPSA) is 193 Å². The van der Waals surface area contributed by atoms with E-state index in [1.807, 2.05) is 30.3 Å². The van der Waals surface area contributed by atoms with E-state index < -0.39 is 95.6 Å². The number of aliphatic hydroxyl groups is 1. The van der Waals surface area contributed by atoms with E-state index in [-0.39, 0.29) is 55.3 Å². The van der Waals surface area contributed by atoms with Gasteiger partial charge in [0.1, 0.15) is 36.6 Å². The first-order valence-electron chi connectivity index (χ1n) is 22.2. The van der Waals surface area contributed by atoms with Gasteiger partial charge in [0, 0.05) is 55.2 Å². The van der Waals surface area contributed by atoms with Gasteiger partial charge in [0.15, 0.2) is 5.79 Å². The summed E-state index contributed by atoms with van der Waals surface area (Å²) >= 11 is 0. The number of carbonyl (C=O) groups excluding carboxylic acids is 6. The summed E-state index contributed by atoms with van der Waals surface area (Å²) in [5, 5.41) is 13.1. The Balaban J connectivity index is 1.11. The molecule has 15 heteroatoms. The standard InChI is InChI=1S/C49H60N2O13/c1-47(2,3)63-40(54)23-21-34(27-52)50-43(55)36(24-29-12-8-7-9-13-29)51(6)44(56)31-25-37(41-38(26-31)62-49(64-41,32-17-18-32)33-19-20-33)60-45(57)35-15-11-10-14-30(35)16-22-39(53)61-42-46(58)59-28-48(42,4)5/h7-16,22,26,32-34,36-38,41-42,52H,17-21,23-25,27-28H2,1-6H3,(H,50,55)/t34-,36+,37+,38+,41-,42-/m0/s1. The van der Waals surface area contributed by atoms with Gasteiger partial charge in [-0.15, -0.1) is 0 Å². The Morgan fingerprint density at radius 3 is 2.25 bits per heavy atom. The van der Waals surface area contributed by atoms with Crippen LogP contribution in [0.3, 0.4) is 0 Å². The van der Waals surface area contributed by atoms with Crippen LogP contribution in [0.1, 0.15) is 101 Å². The van der Waals surface area contributed by atoms with Crippen LogP contribution in [0.5, 0.6) is 0 Å². The highest BCUT2D eigenvalue weighted by molar-refractivity contribution is 5.98. The zero-order chi connectivity index (χ0) is 46.0. The molecule has 0 aromatic heterocycles.